The fourth-order valence-electron chi connectivity index (χ4n) is 2.71. The summed E-state index contributed by atoms with van der Waals surface area (Å²) in [6.07, 6.45) is 0.917. The molecule has 128 valence electrons. The van der Waals surface area contributed by atoms with Crippen LogP contribution in [-0.2, 0) is 17.8 Å². The predicted molar refractivity (Wildman–Crippen MR) is 96.9 cm³/mol. The number of ether oxygens (including phenoxy) is 1. The lowest BCUT2D eigenvalue weighted by atomic mass is 10.0. The topological polar surface area (TPSA) is 56.5 Å². The van der Waals surface area contributed by atoms with Gasteiger partial charge in [-0.05, 0) is 61.2 Å². The molecule has 4 nitrogen and oxygen atoms in total. The molecule has 4 heteroatoms. The molecule has 0 unspecified atom stereocenters. The van der Waals surface area contributed by atoms with E-state index < -0.39 is 11.6 Å². The van der Waals surface area contributed by atoms with E-state index in [2.05, 4.69) is 6.92 Å². The van der Waals surface area contributed by atoms with Gasteiger partial charge < -0.3 is 9.15 Å². The third-order valence-corrected chi connectivity index (χ3v) is 4.40. The quantitative estimate of drug-likeness (QED) is 0.526. The zero-order chi connectivity index (χ0) is 18.0. The second-order valence-corrected chi connectivity index (χ2v) is 6.15. The summed E-state index contributed by atoms with van der Waals surface area (Å²) in [4.78, 5) is 24.0. The van der Waals surface area contributed by atoms with Crippen LogP contribution in [0.1, 0.15) is 39.5 Å². The molecule has 25 heavy (non-hydrogen) atoms. The van der Waals surface area contributed by atoms with Crippen LogP contribution in [-0.4, -0.2) is 5.97 Å². The third-order valence-electron chi connectivity index (χ3n) is 4.40. The molecule has 0 atom stereocenters. The summed E-state index contributed by atoms with van der Waals surface area (Å²) >= 11 is 0. The minimum Gasteiger partial charge on any atom is -0.457 e. The minimum atomic E-state index is -0.450. The average Bonchev–Trinajstić information content (AvgIpc) is 2.61. The maximum atomic E-state index is 12.2. The number of fused-ring (bicyclic) bond motifs is 1. The Kier molecular flexibility index (Phi) is 4.70. The highest BCUT2D eigenvalue weighted by atomic mass is 16.5. The molecular weight excluding hydrogens is 316 g/mol. The maximum Gasteiger partial charge on any atom is 0.338 e. The Bertz CT molecular complexity index is 981. The highest BCUT2D eigenvalue weighted by Crippen LogP contribution is 2.22. The molecule has 0 saturated heterocycles. The Hall–Kier alpha value is -2.88. The van der Waals surface area contributed by atoms with E-state index in [1.807, 2.05) is 38.1 Å². The normalized spacial score (nSPS) is 10.8. The van der Waals surface area contributed by atoms with Crippen molar-refractivity contribution in [3.05, 3.63) is 80.7 Å². The standard InChI is InChI=1S/C21H20O4/c1-4-15-5-7-16(8-6-15)21(23)24-12-17-11-20(22)25-19-10-14(3)13(2)9-18(17)19/h5-11H,4,12H2,1-3H3. The number of carbonyl (C=O) groups excluding carboxylic acids is 1. The fraction of sp³-hybridized carbons (Fsp3) is 0.238. The Balaban J connectivity index is 1.86. The summed E-state index contributed by atoms with van der Waals surface area (Å²) in [6.45, 7) is 6.04. The summed E-state index contributed by atoms with van der Waals surface area (Å²) in [5.41, 5.74) is 4.49. The van der Waals surface area contributed by atoms with Gasteiger partial charge in [-0.15, -0.1) is 0 Å². The van der Waals surface area contributed by atoms with Gasteiger partial charge in [-0.3, -0.25) is 0 Å². The van der Waals surface area contributed by atoms with Gasteiger partial charge in [0.15, 0.2) is 0 Å². The first-order valence-electron chi connectivity index (χ1n) is 8.28. The van der Waals surface area contributed by atoms with Crippen molar-refractivity contribution in [2.75, 3.05) is 0 Å². The molecule has 0 aliphatic heterocycles. The van der Waals surface area contributed by atoms with Crippen molar-refractivity contribution in [3.8, 4) is 0 Å². The SMILES string of the molecule is CCc1ccc(C(=O)OCc2cc(=O)oc3cc(C)c(C)cc23)cc1. The zero-order valence-electron chi connectivity index (χ0n) is 14.6. The van der Waals surface area contributed by atoms with Crippen LogP contribution in [0.5, 0.6) is 0 Å². The van der Waals surface area contributed by atoms with Crippen LogP contribution in [0, 0.1) is 13.8 Å². The Morgan fingerprint density at radius 1 is 1.04 bits per heavy atom. The summed E-state index contributed by atoms with van der Waals surface area (Å²) in [6, 6.07) is 12.5. The molecule has 3 rings (SSSR count). The van der Waals surface area contributed by atoms with Crippen LogP contribution in [0.2, 0.25) is 0 Å². The van der Waals surface area contributed by atoms with Gasteiger partial charge in [-0.25, -0.2) is 9.59 Å². The molecular formula is C21H20O4. The van der Waals surface area contributed by atoms with Gasteiger partial charge in [-0.2, -0.15) is 0 Å². The Morgan fingerprint density at radius 2 is 1.72 bits per heavy atom. The van der Waals surface area contributed by atoms with E-state index in [1.54, 1.807) is 12.1 Å². The van der Waals surface area contributed by atoms with Crippen LogP contribution in [0.4, 0.5) is 0 Å². The number of esters is 1. The molecule has 3 aromatic rings. The number of rotatable bonds is 4. The lowest BCUT2D eigenvalue weighted by Crippen LogP contribution is -2.08. The number of hydrogen-bond donors (Lipinski definition) is 0. The van der Waals surface area contributed by atoms with E-state index in [0.717, 1.165) is 28.5 Å². The molecule has 0 N–H and O–H groups in total. The van der Waals surface area contributed by atoms with Gasteiger partial charge >= 0.3 is 11.6 Å². The van der Waals surface area contributed by atoms with Crippen LogP contribution < -0.4 is 5.63 Å². The summed E-state index contributed by atoms with van der Waals surface area (Å²) in [7, 11) is 0. The van der Waals surface area contributed by atoms with E-state index in [9.17, 15) is 9.59 Å². The molecule has 0 spiro atoms. The van der Waals surface area contributed by atoms with Crippen LogP contribution in [0.3, 0.4) is 0 Å². The predicted octanol–water partition coefficient (Wildman–Crippen LogP) is 4.33. The molecule has 0 bridgehead atoms. The Morgan fingerprint density at radius 3 is 2.40 bits per heavy atom. The van der Waals surface area contributed by atoms with Crippen molar-refractivity contribution in [1.29, 1.82) is 0 Å². The van der Waals surface area contributed by atoms with Crippen molar-refractivity contribution in [1.82, 2.24) is 0 Å². The highest BCUT2D eigenvalue weighted by Gasteiger charge is 2.12. The van der Waals surface area contributed by atoms with E-state index in [1.165, 1.54) is 6.07 Å². The number of aryl methyl sites for hydroxylation is 3. The first kappa shape index (κ1) is 17.0. The number of benzene rings is 2. The largest absolute Gasteiger partial charge is 0.457 e. The lowest BCUT2D eigenvalue weighted by molar-refractivity contribution is 0.0474. The van der Waals surface area contributed by atoms with Gasteiger partial charge in [0.1, 0.15) is 12.2 Å². The third kappa shape index (κ3) is 3.63. The first-order chi connectivity index (χ1) is 12.0. The molecule has 0 saturated carbocycles. The second-order valence-electron chi connectivity index (χ2n) is 6.15. The van der Waals surface area contributed by atoms with E-state index in [0.29, 0.717) is 16.7 Å². The number of hydrogen-bond acceptors (Lipinski definition) is 4. The van der Waals surface area contributed by atoms with Crippen LogP contribution in [0.15, 0.2) is 51.7 Å². The Labute approximate surface area is 146 Å². The van der Waals surface area contributed by atoms with Crippen LogP contribution >= 0.6 is 0 Å². The number of carbonyl (C=O) groups is 1. The summed E-state index contributed by atoms with van der Waals surface area (Å²) in [5, 5.41) is 0.789. The molecule has 0 aliphatic rings. The summed E-state index contributed by atoms with van der Waals surface area (Å²) < 4.78 is 10.7. The van der Waals surface area contributed by atoms with E-state index >= 15 is 0 Å². The van der Waals surface area contributed by atoms with E-state index in [4.69, 9.17) is 9.15 Å². The van der Waals surface area contributed by atoms with Gasteiger partial charge in [0.2, 0.25) is 0 Å². The van der Waals surface area contributed by atoms with Crippen molar-refractivity contribution in [2.45, 2.75) is 33.8 Å². The lowest BCUT2D eigenvalue weighted by Gasteiger charge is -2.09. The monoisotopic (exact) mass is 336 g/mol. The fourth-order valence-corrected chi connectivity index (χ4v) is 2.71. The zero-order valence-corrected chi connectivity index (χ0v) is 14.6. The van der Waals surface area contributed by atoms with Gasteiger partial charge in [0, 0.05) is 17.0 Å². The van der Waals surface area contributed by atoms with Crippen molar-refractivity contribution in [3.63, 3.8) is 0 Å². The highest BCUT2D eigenvalue weighted by molar-refractivity contribution is 5.89. The van der Waals surface area contributed by atoms with E-state index in [-0.39, 0.29) is 6.61 Å². The molecule has 0 radical (unpaired) electrons. The van der Waals surface area contributed by atoms with Crippen LogP contribution in [0.25, 0.3) is 11.0 Å². The molecule has 0 amide bonds. The smallest absolute Gasteiger partial charge is 0.338 e. The van der Waals surface area contributed by atoms with Crippen molar-refractivity contribution >= 4 is 16.9 Å². The molecule has 0 fully saturated rings. The van der Waals surface area contributed by atoms with Gasteiger partial charge in [0.25, 0.3) is 0 Å². The maximum absolute atomic E-state index is 12.2. The molecule has 2 aromatic carbocycles. The van der Waals surface area contributed by atoms with Gasteiger partial charge in [-0.1, -0.05) is 19.1 Å². The molecule has 1 aromatic heterocycles. The summed E-state index contributed by atoms with van der Waals surface area (Å²) in [5.74, 6) is -0.409. The second kappa shape index (κ2) is 6.93. The van der Waals surface area contributed by atoms with Crippen molar-refractivity contribution < 1.29 is 13.9 Å². The molecule has 0 aliphatic carbocycles. The minimum absolute atomic E-state index is 0.0267. The average molecular weight is 336 g/mol. The van der Waals surface area contributed by atoms with Crippen molar-refractivity contribution in [2.24, 2.45) is 0 Å². The van der Waals surface area contributed by atoms with Gasteiger partial charge in [0.05, 0.1) is 5.56 Å². The first-order valence-corrected chi connectivity index (χ1v) is 8.28. The molecule has 1 heterocycles.